The van der Waals surface area contributed by atoms with Crippen LogP contribution < -0.4 is 9.47 Å². The molecule has 0 bridgehead atoms. The molecule has 2 N–H and O–H groups in total. The first-order chi connectivity index (χ1) is 18.5. The lowest BCUT2D eigenvalue weighted by Crippen LogP contribution is -1.94. The maximum atomic E-state index is 9.37. The van der Waals surface area contributed by atoms with E-state index in [0.29, 0.717) is 18.1 Å². The molecule has 0 aliphatic carbocycles. The average molecular weight is 526 g/mol. The molecule has 1 radical (unpaired) electrons. The number of hydrogen-bond acceptors (Lipinski definition) is 6. The van der Waals surface area contributed by atoms with Gasteiger partial charge < -0.3 is 29.2 Å². The van der Waals surface area contributed by atoms with Crippen LogP contribution in [0.4, 0.5) is 0 Å². The van der Waals surface area contributed by atoms with Crippen molar-refractivity contribution in [2.75, 3.05) is 27.4 Å². The average Bonchev–Trinajstić information content (AvgIpc) is 2.95. The van der Waals surface area contributed by atoms with Crippen molar-refractivity contribution < 1.29 is 29.2 Å². The molecule has 6 heteroatoms. The van der Waals surface area contributed by atoms with E-state index in [1.807, 2.05) is 43.3 Å². The van der Waals surface area contributed by atoms with Crippen molar-refractivity contribution in [1.29, 1.82) is 0 Å². The summed E-state index contributed by atoms with van der Waals surface area (Å²) in [4.78, 5) is 0. The number of benzene rings is 3. The van der Waals surface area contributed by atoms with Crippen LogP contribution in [0.5, 0.6) is 23.0 Å². The van der Waals surface area contributed by atoms with Crippen LogP contribution in [0, 0.1) is 6.92 Å². The third-order valence-electron chi connectivity index (χ3n) is 5.39. The van der Waals surface area contributed by atoms with Gasteiger partial charge >= 0.3 is 0 Å². The van der Waals surface area contributed by atoms with Crippen molar-refractivity contribution in [3.63, 3.8) is 0 Å². The molecule has 3 aromatic rings. The van der Waals surface area contributed by atoms with Crippen molar-refractivity contribution in [2.45, 2.75) is 59.2 Å². The smallest absolute Gasteiger partial charge is 0.160 e. The molecule has 0 amide bonds. The van der Waals surface area contributed by atoms with E-state index < -0.39 is 0 Å². The Morgan fingerprint density at radius 1 is 0.684 bits per heavy atom. The number of hydrogen-bond donors (Lipinski definition) is 2. The largest absolute Gasteiger partial charge is 0.504 e. The Kier molecular flexibility index (Phi) is 18.0. The summed E-state index contributed by atoms with van der Waals surface area (Å²) in [6, 6.07) is 20.9. The molecule has 0 atom stereocenters. The number of phenols is 2. The summed E-state index contributed by atoms with van der Waals surface area (Å²) in [5.41, 5.74) is 3.45. The van der Waals surface area contributed by atoms with Crippen LogP contribution in [0.15, 0.2) is 66.7 Å². The Balaban J connectivity index is 0.000000290. The Morgan fingerprint density at radius 2 is 1.26 bits per heavy atom. The molecule has 0 fully saturated rings. The SMILES string of the molecule is CCCOCc1ccc(O)c(OC)c1.CCOCc1ccccc1.[CH2]CCCCc1ccc(O)c(OC)c1. The van der Waals surface area contributed by atoms with Crippen LogP contribution in [0.1, 0.15) is 56.2 Å². The molecule has 0 heterocycles. The highest BCUT2D eigenvalue weighted by molar-refractivity contribution is 5.42. The van der Waals surface area contributed by atoms with E-state index in [1.165, 1.54) is 18.2 Å². The van der Waals surface area contributed by atoms with E-state index in [4.69, 9.17) is 18.9 Å². The van der Waals surface area contributed by atoms with Gasteiger partial charge in [0.25, 0.3) is 0 Å². The van der Waals surface area contributed by atoms with Gasteiger partial charge in [-0.2, -0.15) is 0 Å². The Labute approximate surface area is 229 Å². The highest BCUT2D eigenvalue weighted by atomic mass is 16.5. The second-order valence-corrected chi connectivity index (χ2v) is 8.50. The Bertz CT molecular complexity index is 931. The maximum Gasteiger partial charge on any atom is 0.160 e. The van der Waals surface area contributed by atoms with Crippen molar-refractivity contribution >= 4 is 0 Å². The molecule has 6 nitrogen and oxygen atoms in total. The molecular weight excluding hydrogens is 480 g/mol. The van der Waals surface area contributed by atoms with Gasteiger partial charge in [-0.3, -0.25) is 0 Å². The Hall–Kier alpha value is -3.22. The van der Waals surface area contributed by atoms with Gasteiger partial charge in [-0.05, 0) is 67.1 Å². The standard InChI is InChI=1S/C12H17O2.C11H16O3.C9H12O/c1-3-4-5-6-10-7-8-11(13)12(9-10)14-2;1-3-6-14-8-9-4-5-10(12)11(7-9)13-2;1-2-10-8-9-6-4-3-5-7-9/h7-9,13H,1,3-6H2,2H3;4-5,7,12H,3,6,8H2,1-2H3;3-7H,2,8H2,1H3. The van der Waals surface area contributed by atoms with Gasteiger partial charge in [0.05, 0.1) is 27.4 Å². The molecule has 3 aromatic carbocycles. The molecular formula is C32H45O6. The number of ether oxygens (including phenoxy) is 4. The fraction of sp³-hybridized carbons (Fsp3) is 0.406. The normalized spacial score (nSPS) is 10.0. The zero-order valence-electron chi connectivity index (χ0n) is 23.4. The van der Waals surface area contributed by atoms with Crippen LogP contribution >= 0.6 is 0 Å². The summed E-state index contributed by atoms with van der Waals surface area (Å²) in [6.45, 7) is 10.7. The minimum atomic E-state index is 0.159. The van der Waals surface area contributed by atoms with Crippen molar-refractivity contribution in [1.82, 2.24) is 0 Å². The van der Waals surface area contributed by atoms with Crippen LogP contribution in [0.3, 0.4) is 0 Å². The molecule has 0 spiro atoms. The van der Waals surface area contributed by atoms with Gasteiger partial charge in [0, 0.05) is 13.2 Å². The third-order valence-corrected chi connectivity index (χ3v) is 5.39. The lowest BCUT2D eigenvalue weighted by molar-refractivity contribution is 0.121. The molecule has 0 aromatic heterocycles. The van der Waals surface area contributed by atoms with Gasteiger partial charge in [-0.1, -0.05) is 69.2 Å². The monoisotopic (exact) mass is 525 g/mol. The first-order valence-corrected chi connectivity index (χ1v) is 13.2. The third kappa shape index (κ3) is 13.9. The molecule has 38 heavy (non-hydrogen) atoms. The van der Waals surface area contributed by atoms with E-state index in [9.17, 15) is 10.2 Å². The highest BCUT2D eigenvalue weighted by Gasteiger charge is 2.03. The summed E-state index contributed by atoms with van der Waals surface area (Å²) < 4.78 is 20.6. The maximum absolute atomic E-state index is 9.37. The fourth-order valence-corrected chi connectivity index (χ4v) is 3.32. The van der Waals surface area contributed by atoms with Crippen LogP contribution in [0.2, 0.25) is 0 Å². The molecule has 0 saturated carbocycles. The van der Waals surface area contributed by atoms with Crippen molar-refractivity contribution in [2.24, 2.45) is 0 Å². The number of phenolic OH excluding ortho intramolecular Hbond substituents is 2. The van der Waals surface area contributed by atoms with Crippen molar-refractivity contribution in [3.05, 3.63) is 90.3 Å². The summed E-state index contributed by atoms with van der Waals surface area (Å²) in [7, 11) is 3.10. The predicted octanol–water partition coefficient (Wildman–Crippen LogP) is 7.50. The lowest BCUT2D eigenvalue weighted by Gasteiger charge is -2.06. The zero-order valence-corrected chi connectivity index (χ0v) is 23.4. The van der Waals surface area contributed by atoms with E-state index in [0.717, 1.165) is 57.5 Å². The quantitative estimate of drug-likeness (QED) is 0.225. The first-order valence-electron chi connectivity index (χ1n) is 13.2. The summed E-state index contributed by atoms with van der Waals surface area (Å²) >= 11 is 0. The molecule has 0 aliphatic heterocycles. The van der Waals surface area contributed by atoms with Gasteiger partial charge in [0.2, 0.25) is 0 Å². The summed E-state index contributed by atoms with van der Waals surface area (Å²) in [5, 5.41) is 18.7. The molecule has 0 aliphatic rings. The summed E-state index contributed by atoms with van der Waals surface area (Å²) in [6.07, 6.45) is 5.29. The summed E-state index contributed by atoms with van der Waals surface area (Å²) in [5.74, 6) is 1.40. The minimum absolute atomic E-state index is 0.159. The van der Waals surface area contributed by atoms with E-state index in [1.54, 1.807) is 25.3 Å². The molecule has 209 valence electrons. The number of unbranched alkanes of at least 4 members (excludes halogenated alkanes) is 2. The second kappa shape index (κ2) is 20.8. The second-order valence-electron chi connectivity index (χ2n) is 8.50. The van der Waals surface area contributed by atoms with Gasteiger partial charge in [-0.15, -0.1) is 0 Å². The van der Waals surface area contributed by atoms with Crippen LogP contribution in [0.25, 0.3) is 0 Å². The molecule has 3 rings (SSSR count). The van der Waals surface area contributed by atoms with Gasteiger partial charge in [0.1, 0.15) is 0 Å². The van der Waals surface area contributed by atoms with Crippen molar-refractivity contribution in [3.8, 4) is 23.0 Å². The lowest BCUT2D eigenvalue weighted by atomic mass is 10.1. The highest BCUT2D eigenvalue weighted by Crippen LogP contribution is 2.27. The molecule has 0 unspecified atom stereocenters. The van der Waals surface area contributed by atoms with Gasteiger partial charge in [0.15, 0.2) is 23.0 Å². The minimum Gasteiger partial charge on any atom is -0.504 e. The van der Waals surface area contributed by atoms with E-state index >= 15 is 0 Å². The van der Waals surface area contributed by atoms with E-state index in [2.05, 4.69) is 26.0 Å². The number of methoxy groups -OCH3 is 2. The fourth-order valence-electron chi connectivity index (χ4n) is 3.32. The molecule has 0 saturated heterocycles. The van der Waals surface area contributed by atoms with Crippen LogP contribution in [-0.4, -0.2) is 37.6 Å². The predicted molar refractivity (Wildman–Crippen MR) is 154 cm³/mol. The number of aromatic hydroxyl groups is 2. The van der Waals surface area contributed by atoms with E-state index in [-0.39, 0.29) is 11.5 Å². The zero-order chi connectivity index (χ0) is 28.0. The Morgan fingerprint density at radius 3 is 1.82 bits per heavy atom. The topological polar surface area (TPSA) is 77.4 Å². The number of rotatable bonds is 13. The van der Waals surface area contributed by atoms with Gasteiger partial charge in [-0.25, -0.2) is 0 Å². The first kappa shape index (κ1) is 32.8. The number of aryl methyl sites for hydroxylation is 1. The van der Waals surface area contributed by atoms with Crippen LogP contribution in [-0.2, 0) is 29.1 Å².